The minimum atomic E-state index is -1.00. The Balaban J connectivity index is 2.72. The van der Waals surface area contributed by atoms with Crippen LogP contribution in [-0.2, 0) is 11.8 Å². The molecule has 1 amide bonds. The first-order valence-corrected chi connectivity index (χ1v) is 5.99. The predicted octanol–water partition coefficient (Wildman–Crippen LogP) is 1.10. The van der Waals surface area contributed by atoms with E-state index >= 15 is 0 Å². The van der Waals surface area contributed by atoms with Gasteiger partial charge in [0.05, 0.1) is 11.3 Å². The third kappa shape index (κ3) is 3.58. The summed E-state index contributed by atoms with van der Waals surface area (Å²) in [6.45, 7) is 3.70. The highest BCUT2D eigenvalue weighted by Gasteiger charge is 2.21. The van der Waals surface area contributed by atoms with Crippen molar-refractivity contribution in [2.75, 3.05) is 0 Å². The van der Waals surface area contributed by atoms with E-state index < -0.39 is 12.0 Å². The fourth-order valence-corrected chi connectivity index (χ4v) is 1.72. The molecular formula is C12H19N3O3. The van der Waals surface area contributed by atoms with Crippen LogP contribution in [0.1, 0.15) is 42.2 Å². The van der Waals surface area contributed by atoms with E-state index in [2.05, 4.69) is 10.4 Å². The summed E-state index contributed by atoms with van der Waals surface area (Å²) in [6.07, 6.45) is 3.69. The Morgan fingerprint density at radius 2 is 2.22 bits per heavy atom. The second-order valence-corrected chi connectivity index (χ2v) is 4.31. The Kier molecular flexibility index (Phi) is 4.88. The number of carbonyl (C=O) groups excluding carboxylic acids is 1. The molecule has 6 nitrogen and oxygen atoms in total. The maximum Gasteiger partial charge on any atom is 0.326 e. The van der Waals surface area contributed by atoms with Gasteiger partial charge in [-0.05, 0) is 13.3 Å². The smallest absolute Gasteiger partial charge is 0.326 e. The second kappa shape index (κ2) is 6.18. The molecule has 1 rings (SSSR count). The van der Waals surface area contributed by atoms with Crippen LogP contribution < -0.4 is 5.32 Å². The maximum atomic E-state index is 11.9. The summed E-state index contributed by atoms with van der Waals surface area (Å²) in [6, 6.07) is -0.836. The van der Waals surface area contributed by atoms with Crippen LogP contribution in [0.15, 0.2) is 6.20 Å². The van der Waals surface area contributed by atoms with Crippen molar-refractivity contribution in [3.63, 3.8) is 0 Å². The van der Waals surface area contributed by atoms with E-state index in [1.54, 1.807) is 20.2 Å². The van der Waals surface area contributed by atoms with Crippen LogP contribution in [0.5, 0.6) is 0 Å². The molecule has 2 N–H and O–H groups in total. The number of unbranched alkanes of at least 4 members (excludes halogenated alkanes) is 1. The first-order valence-electron chi connectivity index (χ1n) is 5.99. The molecule has 0 aliphatic carbocycles. The van der Waals surface area contributed by atoms with Crippen molar-refractivity contribution in [3.8, 4) is 0 Å². The highest BCUT2D eigenvalue weighted by atomic mass is 16.4. The van der Waals surface area contributed by atoms with Crippen molar-refractivity contribution in [2.45, 2.75) is 39.2 Å². The van der Waals surface area contributed by atoms with Gasteiger partial charge in [0.2, 0.25) is 0 Å². The molecule has 6 heteroatoms. The lowest BCUT2D eigenvalue weighted by molar-refractivity contribution is -0.139. The van der Waals surface area contributed by atoms with Crippen molar-refractivity contribution < 1.29 is 14.7 Å². The van der Waals surface area contributed by atoms with Gasteiger partial charge in [-0.1, -0.05) is 19.8 Å². The number of nitrogens with one attached hydrogen (secondary N) is 1. The third-order valence-corrected chi connectivity index (χ3v) is 2.71. The molecule has 100 valence electrons. The highest BCUT2D eigenvalue weighted by Crippen LogP contribution is 2.07. The number of aliphatic carboxylic acids is 1. The topological polar surface area (TPSA) is 84.2 Å². The van der Waals surface area contributed by atoms with E-state index in [0.29, 0.717) is 17.7 Å². The Morgan fingerprint density at radius 1 is 1.56 bits per heavy atom. The predicted molar refractivity (Wildman–Crippen MR) is 66.4 cm³/mol. The number of aryl methyl sites for hydroxylation is 2. The van der Waals surface area contributed by atoms with Gasteiger partial charge in [0, 0.05) is 13.2 Å². The molecule has 0 radical (unpaired) electrons. The van der Waals surface area contributed by atoms with Crippen molar-refractivity contribution in [2.24, 2.45) is 7.05 Å². The minimum absolute atomic E-state index is 0.385. The standard InChI is InChI=1S/C12H19N3O3/c1-4-5-6-10(12(17)18)13-11(16)9-7-15(3)14-8(9)2/h7,10H,4-6H2,1-3H3,(H,13,16)(H,17,18). The summed E-state index contributed by atoms with van der Waals surface area (Å²) >= 11 is 0. The van der Waals surface area contributed by atoms with E-state index in [9.17, 15) is 9.59 Å². The van der Waals surface area contributed by atoms with Crippen LogP contribution in [0.25, 0.3) is 0 Å². The largest absolute Gasteiger partial charge is 0.480 e. The Hall–Kier alpha value is -1.85. The van der Waals surface area contributed by atoms with E-state index in [1.165, 1.54) is 4.68 Å². The molecule has 1 unspecified atom stereocenters. The molecule has 0 aliphatic rings. The number of amides is 1. The van der Waals surface area contributed by atoms with Gasteiger partial charge >= 0.3 is 5.97 Å². The summed E-state index contributed by atoms with van der Waals surface area (Å²) in [5, 5.41) is 15.6. The number of hydrogen-bond donors (Lipinski definition) is 2. The number of carboxylic acids is 1. The fourth-order valence-electron chi connectivity index (χ4n) is 1.72. The van der Waals surface area contributed by atoms with Crippen LogP contribution >= 0.6 is 0 Å². The molecular weight excluding hydrogens is 234 g/mol. The Labute approximate surface area is 106 Å². The molecule has 0 spiro atoms. The van der Waals surface area contributed by atoms with Gasteiger partial charge in [0.25, 0.3) is 5.91 Å². The molecule has 0 saturated heterocycles. The zero-order valence-corrected chi connectivity index (χ0v) is 10.9. The van der Waals surface area contributed by atoms with Gasteiger partial charge in [-0.15, -0.1) is 0 Å². The first kappa shape index (κ1) is 14.2. The summed E-state index contributed by atoms with van der Waals surface area (Å²) in [4.78, 5) is 23.0. The Morgan fingerprint density at radius 3 is 2.67 bits per heavy atom. The van der Waals surface area contributed by atoms with Crippen molar-refractivity contribution in [1.29, 1.82) is 0 Å². The number of carbonyl (C=O) groups is 2. The van der Waals surface area contributed by atoms with Gasteiger partial charge in [-0.25, -0.2) is 4.79 Å². The van der Waals surface area contributed by atoms with Gasteiger partial charge in [-0.3, -0.25) is 9.48 Å². The van der Waals surface area contributed by atoms with E-state index in [0.717, 1.165) is 12.8 Å². The second-order valence-electron chi connectivity index (χ2n) is 4.31. The summed E-state index contributed by atoms with van der Waals surface area (Å²) in [7, 11) is 1.72. The third-order valence-electron chi connectivity index (χ3n) is 2.71. The monoisotopic (exact) mass is 253 g/mol. The summed E-state index contributed by atoms with van der Waals surface area (Å²) in [5.74, 6) is -1.39. The summed E-state index contributed by atoms with van der Waals surface area (Å²) in [5.41, 5.74) is 1.01. The molecule has 1 atom stereocenters. The van der Waals surface area contributed by atoms with E-state index in [1.807, 2.05) is 6.92 Å². The van der Waals surface area contributed by atoms with Crippen molar-refractivity contribution in [1.82, 2.24) is 15.1 Å². The van der Waals surface area contributed by atoms with Crippen molar-refractivity contribution in [3.05, 3.63) is 17.5 Å². The Bertz CT molecular complexity index is 440. The number of nitrogens with zero attached hydrogens (tertiary/aromatic N) is 2. The molecule has 1 heterocycles. The quantitative estimate of drug-likeness (QED) is 0.795. The maximum absolute atomic E-state index is 11.9. The molecule has 1 aromatic heterocycles. The highest BCUT2D eigenvalue weighted by molar-refractivity contribution is 5.97. The van der Waals surface area contributed by atoms with Crippen molar-refractivity contribution >= 4 is 11.9 Å². The molecule has 0 fully saturated rings. The number of rotatable bonds is 6. The molecule has 0 aromatic carbocycles. The lowest BCUT2D eigenvalue weighted by Gasteiger charge is -2.13. The molecule has 18 heavy (non-hydrogen) atoms. The van der Waals surface area contributed by atoms with Gasteiger partial charge in [0.1, 0.15) is 6.04 Å². The van der Waals surface area contributed by atoms with Crippen LogP contribution in [0.4, 0.5) is 0 Å². The van der Waals surface area contributed by atoms with E-state index in [4.69, 9.17) is 5.11 Å². The van der Waals surface area contributed by atoms with Crippen LogP contribution in [0.2, 0.25) is 0 Å². The molecule has 0 saturated carbocycles. The number of hydrogen-bond acceptors (Lipinski definition) is 3. The average Bonchev–Trinajstić information content (AvgIpc) is 2.63. The van der Waals surface area contributed by atoms with E-state index in [-0.39, 0.29) is 5.91 Å². The zero-order chi connectivity index (χ0) is 13.7. The SMILES string of the molecule is CCCCC(NC(=O)c1cn(C)nc1C)C(=O)O. The average molecular weight is 253 g/mol. The molecule has 0 aliphatic heterocycles. The molecule has 0 bridgehead atoms. The zero-order valence-electron chi connectivity index (χ0n) is 10.9. The van der Waals surface area contributed by atoms with Gasteiger partial charge < -0.3 is 10.4 Å². The normalized spacial score (nSPS) is 12.2. The van der Waals surface area contributed by atoms with Crippen LogP contribution in [0.3, 0.4) is 0 Å². The first-order chi connectivity index (χ1) is 8.45. The number of carboxylic acid groups (broad SMARTS) is 1. The summed E-state index contributed by atoms with van der Waals surface area (Å²) < 4.78 is 1.53. The van der Waals surface area contributed by atoms with Crippen LogP contribution in [0, 0.1) is 6.92 Å². The lowest BCUT2D eigenvalue weighted by atomic mass is 10.1. The van der Waals surface area contributed by atoms with Gasteiger partial charge in [-0.2, -0.15) is 5.10 Å². The fraction of sp³-hybridized carbons (Fsp3) is 0.583. The lowest BCUT2D eigenvalue weighted by Crippen LogP contribution is -2.40. The van der Waals surface area contributed by atoms with Crippen LogP contribution in [-0.4, -0.2) is 32.8 Å². The molecule has 1 aromatic rings. The van der Waals surface area contributed by atoms with Gasteiger partial charge in [0.15, 0.2) is 0 Å². The minimum Gasteiger partial charge on any atom is -0.480 e. The number of aromatic nitrogens is 2.